The summed E-state index contributed by atoms with van der Waals surface area (Å²) in [4.78, 5) is 21.2. The zero-order valence-electron chi connectivity index (χ0n) is 10.7. The molecule has 18 heavy (non-hydrogen) atoms. The normalized spacial score (nSPS) is 14.7. The maximum atomic E-state index is 10.6. The molecule has 98 valence electrons. The highest BCUT2D eigenvalue weighted by atomic mass is 16.4. The van der Waals surface area contributed by atoms with Gasteiger partial charge >= 0.3 is 5.97 Å². The van der Waals surface area contributed by atoms with E-state index in [-0.39, 0.29) is 6.42 Å². The van der Waals surface area contributed by atoms with Crippen LogP contribution in [-0.4, -0.2) is 34.6 Å². The van der Waals surface area contributed by atoms with Gasteiger partial charge in [0.1, 0.15) is 12.1 Å². The Kier molecular flexibility index (Phi) is 4.12. The Bertz CT molecular complexity index is 434. The number of aliphatic carboxylic acids is 1. The van der Waals surface area contributed by atoms with Crippen LogP contribution in [-0.2, 0) is 17.6 Å². The van der Waals surface area contributed by atoms with E-state index in [2.05, 4.69) is 9.97 Å². The Hall–Kier alpha value is -1.65. The SMILES string of the molecule is CN(CCC(=O)O)c1ncnc2c1CCCCC2. The summed E-state index contributed by atoms with van der Waals surface area (Å²) < 4.78 is 0. The molecule has 0 fully saturated rings. The zero-order chi connectivity index (χ0) is 13.0. The molecule has 0 bridgehead atoms. The third-order valence-electron chi connectivity index (χ3n) is 3.37. The highest BCUT2D eigenvalue weighted by Crippen LogP contribution is 2.25. The Morgan fingerprint density at radius 2 is 2.11 bits per heavy atom. The standard InChI is InChI=1S/C13H19N3O2/c1-16(8-7-12(17)18)13-10-5-3-2-4-6-11(10)14-9-15-13/h9H,2-8H2,1H3,(H,17,18). The van der Waals surface area contributed by atoms with Crippen LogP contribution in [0, 0.1) is 0 Å². The van der Waals surface area contributed by atoms with Crippen LogP contribution in [0.1, 0.15) is 36.9 Å². The van der Waals surface area contributed by atoms with Crippen molar-refractivity contribution in [1.82, 2.24) is 9.97 Å². The lowest BCUT2D eigenvalue weighted by molar-refractivity contribution is -0.136. The molecule has 1 aromatic heterocycles. The number of carboxylic acid groups (broad SMARTS) is 1. The summed E-state index contributed by atoms with van der Waals surface area (Å²) in [6.07, 6.45) is 7.32. The summed E-state index contributed by atoms with van der Waals surface area (Å²) in [6.45, 7) is 0.485. The highest BCUT2D eigenvalue weighted by molar-refractivity contribution is 5.67. The molecule has 0 aromatic carbocycles. The van der Waals surface area contributed by atoms with Crippen molar-refractivity contribution in [2.24, 2.45) is 0 Å². The van der Waals surface area contributed by atoms with Crippen molar-refractivity contribution in [3.8, 4) is 0 Å². The van der Waals surface area contributed by atoms with Gasteiger partial charge < -0.3 is 10.0 Å². The van der Waals surface area contributed by atoms with Crippen LogP contribution < -0.4 is 4.90 Å². The lowest BCUT2D eigenvalue weighted by Crippen LogP contribution is -2.24. The number of carboxylic acids is 1. The van der Waals surface area contributed by atoms with Crippen molar-refractivity contribution < 1.29 is 9.90 Å². The fraction of sp³-hybridized carbons (Fsp3) is 0.615. The van der Waals surface area contributed by atoms with E-state index in [1.165, 1.54) is 24.8 Å². The second-order valence-corrected chi connectivity index (χ2v) is 4.75. The molecule has 0 saturated carbocycles. The summed E-state index contributed by atoms with van der Waals surface area (Å²) in [5, 5.41) is 8.73. The molecule has 1 aliphatic carbocycles. The Morgan fingerprint density at radius 3 is 2.89 bits per heavy atom. The van der Waals surface area contributed by atoms with Crippen LogP contribution in [0.25, 0.3) is 0 Å². The molecule has 0 radical (unpaired) electrons. The van der Waals surface area contributed by atoms with Crippen LogP contribution >= 0.6 is 0 Å². The zero-order valence-corrected chi connectivity index (χ0v) is 10.7. The molecule has 1 aliphatic rings. The van der Waals surface area contributed by atoms with Crippen molar-refractivity contribution in [3.05, 3.63) is 17.6 Å². The van der Waals surface area contributed by atoms with Crippen LogP contribution in [0.5, 0.6) is 0 Å². The molecule has 2 rings (SSSR count). The number of aromatic nitrogens is 2. The molecule has 0 unspecified atom stereocenters. The molecule has 0 saturated heterocycles. The van der Waals surface area contributed by atoms with E-state index in [9.17, 15) is 4.79 Å². The van der Waals surface area contributed by atoms with Crippen molar-refractivity contribution >= 4 is 11.8 Å². The molecular weight excluding hydrogens is 230 g/mol. The summed E-state index contributed by atoms with van der Waals surface area (Å²) in [5.74, 6) is 0.130. The first-order chi connectivity index (χ1) is 8.68. The molecule has 1 N–H and O–H groups in total. The Morgan fingerprint density at radius 1 is 1.33 bits per heavy atom. The second-order valence-electron chi connectivity index (χ2n) is 4.75. The molecule has 0 spiro atoms. The van der Waals surface area contributed by atoms with Gasteiger partial charge in [0.05, 0.1) is 6.42 Å². The van der Waals surface area contributed by atoms with E-state index in [4.69, 9.17) is 5.11 Å². The third-order valence-corrected chi connectivity index (χ3v) is 3.37. The van der Waals surface area contributed by atoms with Gasteiger partial charge in [0.2, 0.25) is 0 Å². The number of nitrogens with zero attached hydrogens (tertiary/aromatic N) is 3. The van der Waals surface area contributed by atoms with E-state index in [0.717, 1.165) is 24.4 Å². The number of aryl methyl sites for hydroxylation is 1. The monoisotopic (exact) mass is 249 g/mol. The minimum absolute atomic E-state index is 0.134. The summed E-state index contributed by atoms with van der Waals surface area (Å²) in [7, 11) is 1.90. The van der Waals surface area contributed by atoms with Gasteiger partial charge in [0, 0.05) is 24.8 Å². The average Bonchev–Trinajstić information content (AvgIpc) is 2.60. The average molecular weight is 249 g/mol. The molecule has 5 nitrogen and oxygen atoms in total. The molecule has 1 aromatic rings. The first-order valence-corrected chi connectivity index (χ1v) is 6.44. The smallest absolute Gasteiger partial charge is 0.305 e. The molecule has 5 heteroatoms. The van der Waals surface area contributed by atoms with Gasteiger partial charge in [-0.15, -0.1) is 0 Å². The van der Waals surface area contributed by atoms with Gasteiger partial charge in [0.15, 0.2) is 0 Å². The first kappa shape index (κ1) is 12.8. The van der Waals surface area contributed by atoms with E-state index in [0.29, 0.717) is 6.54 Å². The second kappa shape index (κ2) is 5.80. The van der Waals surface area contributed by atoms with Crippen LogP contribution in [0.4, 0.5) is 5.82 Å². The number of carbonyl (C=O) groups is 1. The fourth-order valence-corrected chi connectivity index (χ4v) is 2.38. The van der Waals surface area contributed by atoms with E-state index >= 15 is 0 Å². The van der Waals surface area contributed by atoms with Crippen LogP contribution in [0.3, 0.4) is 0 Å². The number of anilines is 1. The number of hydrogen-bond donors (Lipinski definition) is 1. The Labute approximate surface area is 107 Å². The van der Waals surface area contributed by atoms with Gasteiger partial charge in [0.25, 0.3) is 0 Å². The predicted molar refractivity (Wildman–Crippen MR) is 68.8 cm³/mol. The minimum atomic E-state index is -0.776. The Balaban J connectivity index is 2.19. The molecule has 0 aliphatic heterocycles. The lowest BCUT2D eigenvalue weighted by Gasteiger charge is -2.21. The topological polar surface area (TPSA) is 66.3 Å². The third kappa shape index (κ3) is 2.97. The fourth-order valence-electron chi connectivity index (χ4n) is 2.38. The van der Waals surface area contributed by atoms with Gasteiger partial charge in [-0.05, 0) is 25.7 Å². The molecular formula is C13H19N3O2. The largest absolute Gasteiger partial charge is 0.481 e. The minimum Gasteiger partial charge on any atom is -0.481 e. The lowest BCUT2D eigenvalue weighted by atomic mass is 10.1. The van der Waals surface area contributed by atoms with Gasteiger partial charge in [-0.25, -0.2) is 9.97 Å². The van der Waals surface area contributed by atoms with E-state index in [1.54, 1.807) is 6.33 Å². The van der Waals surface area contributed by atoms with Crippen molar-refractivity contribution in [2.45, 2.75) is 38.5 Å². The number of rotatable bonds is 4. The van der Waals surface area contributed by atoms with Gasteiger partial charge in [-0.3, -0.25) is 4.79 Å². The summed E-state index contributed by atoms with van der Waals surface area (Å²) in [5.41, 5.74) is 2.35. The predicted octanol–water partition coefficient (Wildman–Crippen LogP) is 1.66. The van der Waals surface area contributed by atoms with Crippen LogP contribution in [0.15, 0.2) is 6.33 Å². The number of hydrogen-bond acceptors (Lipinski definition) is 4. The molecule has 0 amide bonds. The molecule has 0 atom stereocenters. The van der Waals surface area contributed by atoms with E-state index in [1.807, 2.05) is 11.9 Å². The van der Waals surface area contributed by atoms with Gasteiger partial charge in [-0.2, -0.15) is 0 Å². The van der Waals surface area contributed by atoms with Crippen molar-refractivity contribution in [3.63, 3.8) is 0 Å². The summed E-state index contributed by atoms with van der Waals surface area (Å²) >= 11 is 0. The van der Waals surface area contributed by atoms with Crippen molar-refractivity contribution in [1.29, 1.82) is 0 Å². The summed E-state index contributed by atoms with van der Waals surface area (Å²) in [6, 6.07) is 0. The highest BCUT2D eigenvalue weighted by Gasteiger charge is 2.17. The maximum Gasteiger partial charge on any atom is 0.305 e. The van der Waals surface area contributed by atoms with Crippen LogP contribution in [0.2, 0.25) is 0 Å². The first-order valence-electron chi connectivity index (χ1n) is 6.44. The quantitative estimate of drug-likeness (QED) is 0.822. The van der Waals surface area contributed by atoms with Gasteiger partial charge in [-0.1, -0.05) is 6.42 Å². The van der Waals surface area contributed by atoms with E-state index < -0.39 is 5.97 Å². The maximum absolute atomic E-state index is 10.6. The van der Waals surface area contributed by atoms with Crippen molar-refractivity contribution in [2.75, 3.05) is 18.5 Å². The number of fused-ring (bicyclic) bond motifs is 1. The molecule has 1 heterocycles.